The second-order valence-electron chi connectivity index (χ2n) is 9.09. The summed E-state index contributed by atoms with van der Waals surface area (Å²) in [6.07, 6.45) is 1.93. The molecule has 0 saturated carbocycles. The van der Waals surface area contributed by atoms with Gasteiger partial charge in [0.2, 0.25) is 0 Å². The zero-order valence-corrected chi connectivity index (χ0v) is 18.4. The molecule has 1 aliphatic heterocycles. The summed E-state index contributed by atoms with van der Waals surface area (Å²) in [6, 6.07) is 0.332. The van der Waals surface area contributed by atoms with Crippen LogP contribution in [0.2, 0.25) is 0 Å². The van der Waals surface area contributed by atoms with Gasteiger partial charge in [-0.15, -0.1) is 0 Å². The van der Waals surface area contributed by atoms with Crippen LogP contribution in [0, 0.1) is 5.92 Å². The molecule has 1 heterocycles. The molecule has 0 amide bonds. The van der Waals surface area contributed by atoms with Crippen molar-refractivity contribution < 1.29 is 14.3 Å². The number of carbonyl (C=O) groups is 1. The number of hydrogen-bond donors (Lipinski definition) is 0. The average molecular weight is 371 g/mol. The van der Waals surface area contributed by atoms with Crippen LogP contribution in [0.5, 0.6) is 0 Å². The lowest BCUT2D eigenvalue weighted by Gasteiger charge is -2.40. The molecule has 0 bridgehead atoms. The monoisotopic (exact) mass is 370 g/mol. The Morgan fingerprint density at radius 3 is 2.08 bits per heavy atom. The van der Waals surface area contributed by atoms with Crippen molar-refractivity contribution in [2.24, 2.45) is 5.92 Å². The van der Waals surface area contributed by atoms with Gasteiger partial charge in [0, 0.05) is 51.8 Å². The largest absolute Gasteiger partial charge is 0.379 e. The fourth-order valence-corrected chi connectivity index (χ4v) is 3.22. The van der Waals surface area contributed by atoms with E-state index < -0.39 is 0 Å². The summed E-state index contributed by atoms with van der Waals surface area (Å²) in [6.45, 7) is 20.5. The molecule has 0 radical (unpaired) electrons. The lowest BCUT2D eigenvalue weighted by molar-refractivity contribution is -0.122. The van der Waals surface area contributed by atoms with Gasteiger partial charge >= 0.3 is 0 Å². The van der Waals surface area contributed by atoms with Crippen LogP contribution in [0.3, 0.4) is 0 Å². The van der Waals surface area contributed by atoms with Gasteiger partial charge in [-0.1, -0.05) is 6.92 Å². The molecule has 0 aromatic rings. The van der Waals surface area contributed by atoms with Crippen molar-refractivity contribution in [2.75, 3.05) is 46.4 Å². The Hall–Kier alpha value is -0.490. The second-order valence-corrected chi connectivity index (χ2v) is 9.09. The Balaban J connectivity index is 2.31. The molecule has 0 N–H and O–H groups in total. The molecular formula is C21H42N2O3. The zero-order chi connectivity index (χ0) is 20.0. The summed E-state index contributed by atoms with van der Waals surface area (Å²) in [5.74, 6) is 0.403. The Labute approximate surface area is 161 Å². The molecule has 0 spiro atoms. The van der Waals surface area contributed by atoms with Crippen LogP contribution in [0.15, 0.2) is 0 Å². The zero-order valence-electron chi connectivity index (χ0n) is 18.4. The number of hydrogen-bond acceptors (Lipinski definition) is 5. The third kappa shape index (κ3) is 8.03. The number of carbonyl (C=O) groups excluding carboxylic acids is 1. The quantitative estimate of drug-likeness (QED) is 0.559. The molecule has 2 unspecified atom stereocenters. The van der Waals surface area contributed by atoms with E-state index in [2.05, 4.69) is 44.4 Å². The van der Waals surface area contributed by atoms with Crippen molar-refractivity contribution in [1.29, 1.82) is 0 Å². The van der Waals surface area contributed by atoms with E-state index in [1.165, 1.54) is 0 Å². The molecule has 1 saturated heterocycles. The number of Topliss-reactive ketones (excluding diaryl/α,β-unsaturated/α-hetero) is 1. The molecule has 1 fully saturated rings. The summed E-state index contributed by atoms with van der Waals surface area (Å²) < 4.78 is 11.6. The SMILES string of the molecule is COC(C)(C)CCOC(C)(C)CCN1CCN(C(C)C(C)C(C)=O)CC1. The van der Waals surface area contributed by atoms with E-state index in [1.54, 1.807) is 14.0 Å². The van der Waals surface area contributed by atoms with E-state index in [-0.39, 0.29) is 22.9 Å². The first-order chi connectivity index (χ1) is 12.0. The van der Waals surface area contributed by atoms with Gasteiger partial charge in [-0.2, -0.15) is 0 Å². The van der Waals surface area contributed by atoms with Crippen molar-refractivity contribution in [3.8, 4) is 0 Å². The highest BCUT2D eigenvalue weighted by molar-refractivity contribution is 5.78. The van der Waals surface area contributed by atoms with E-state index in [4.69, 9.17) is 9.47 Å². The fourth-order valence-electron chi connectivity index (χ4n) is 3.22. The van der Waals surface area contributed by atoms with E-state index in [0.717, 1.165) is 52.2 Å². The van der Waals surface area contributed by atoms with E-state index in [1.807, 2.05) is 6.92 Å². The number of ketones is 1. The van der Waals surface area contributed by atoms with Gasteiger partial charge in [-0.3, -0.25) is 9.69 Å². The first-order valence-corrected chi connectivity index (χ1v) is 10.1. The normalized spacial score (nSPS) is 20.2. The van der Waals surface area contributed by atoms with E-state index in [0.29, 0.717) is 6.04 Å². The van der Waals surface area contributed by atoms with Crippen LogP contribution in [0.25, 0.3) is 0 Å². The third-order valence-corrected chi connectivity index (χ3v) is 6.13. The highest BCUT2D eigenvalue weighted by Crippen LogP contribution is 2.20. The topological polar surface area (TPSA) is 42.0 Å². The van der Waals surface area contributed by atoms with Crippen LogP contribution >= 0.6 is 0 Å². The Kier molecular flexibility index (Phi) is 9.21. The maximum atomic E-state index is 11.6. The minimum Gasteiger partial charge on any atom is -0.379 e. The number of nitrogens with zero attached hydrogens (tertiary/aromatic N) is 2. The molecule has 154 valence electrons. The van der Waals surface area contributed by atoms with Crippen LogP contribution in [0.4, 0.5) is 0 Å². The molecule has 1 aliphatic rings. The van der Waals surface area contributed by atoms with Crippen molar-refractivity contribution in [3.05, 3.63) is 0 Å². The summed E-state index contributed by atoms with van der Waals surface area (Å²) in [4.78, 5) is 16.6. The summed E-state index contributed by atoms with van der Waals surface area (Å²) in [5, 5.41) is 0. The third-order valence-electron chi connectivity index (χ3n) is 6.13. The van der Waals surface area contributed by atoms with Gasteiger partial charge < -0.3 is 14.4 Å². The van der Waals surface area contributed by atoms with Crippen molar-refractivity contribution in [2.45, 2.75) is 78.6 Å². The smallest absolute Gasteiger partial charge is 0.134 e. The van der Waals surface area contributed by atoms with Gasteiger partial charge in [-0.05, 0) is 54.4 Å². The fraction of sp³-hybridized carbons (Fsp3) is 0.952. The molecule has 2 atom stereocenters. The van der Waals surface area contributed by atoms with Crippen molar-refractivity contribution in [3.63, 3.8) is 0 Å². The van der Waals surface area contributed by atoms with Gasteiger partial charge in [0.15, 0.2) is 0 Å². The molecule has 0 aliphatic carbocycles. The van der Waals surface area contributed by atoms with Crippen LogP contribution in [0.1, 0.15) is 61.3 Å². The predicted molar refractivity (Wildman–Crippen MR) is 108 cm³/mol. The number of rotatable bonds is 11. The molecule has 0 aromatic heterocycles. The van der Waals surface area contributed by atoms with Gasteiger partial charge in [0.1, 0.15) is 5.78 Å². The maximum Gasteiger partial charge on any atom is 0.134 e. The minimum absolute atomic E-state index is 0.114. The van der Waals surface area contributed by atoms with Gasteiger partial charge in [0.05, 0.1) is 17.8 Å². The lowest BCUT2D eigenvalue weighted by Crippen LogP contribution is -2.52. The Morgan fingerprint density at radius 1 is 1.00 bits per heavy atom. The summed E-state index contributed by atoms with van der Waals surface area (Å²) >= 11 is 0. The highest BCUT2D eigenvalue weighted by Gasteiger charge is 2.28. The van der Waals surface area contributed by atoms with E-state index in [9.17, 15) is 4.79 Å². The first-order valence-electron chi connectivity index (χ1n) is 10.1. The molecule has 5 heteroatoms. The summed E-state index contributed by atoms with van der Waals surface area (Å²) in [7, 11) is 1.75. The minimum atomic E-state index is -0.125. The van der Waals surface area contributed by atoms with Gasteiger partial charge in [-0.25, -0.2) is 0 Å². The first kappa shape index (κ1) is 23.5. The standard InChI is InChI=1S/C21H42N2O3/c1-17(19(3)24)18(2)23-14-12-22(13-15-23)11-9-21(6,7)26-16-10-20(4,5)25-8/h17-18H,9-16H2,1-8H3. The molecule has 26 heavy (non-hydrogen) atoms. The van der Waals surface area contributed by atoms with Crippen molar-refractivity contribution >= 4 is 5.78 Å². The Morgan fingerprint density at radius 2 is 1.58 bits per heavy atom. The van der Waals surface area contributed by atoms with E-state index >= 15 is 0 Å². The van der Waals surface area contributed by atoms with Crippen LogP contribution in [-0.4, -0.2) is 79.3 Å². The predicted octanol–water partition coefficient (Wildman–Crippen LogP) is 3.22. The second kappa shape index (κ2) is 10.2. The number of methoxy groups -OCH3 is 1. The highest BCUT2D eigenvalue weighted by atomic mass is 16.5. The summed E-state index contributed by atoms with van der Waals surface area (Å²) in [5.41, 5.74) is -0.239. The van der Waals surface area contributed by atoms with Gasteiger partial charge in [0.25, 0.3) is 0 Å². The molecule has 1 rings (SSSR count). The lowest BCUT2D eigenvalue weighted by atomic mass is 9.97. The van der Waals surface area contributed by atoms with Crippen LogP contribution in [-0.2, 0) is 14.3 Å². The molecule has 5 nitrogen and oxygen atoms in total. The number of piperazine rings is 1. The molecular weight excluding hydrogens is 328 g/mol. The van der Waals surface area contributed by atoms with Crippen molar-refractivity contribution in [1.82, 2.24) is 9.80 Å². The molecule has 0 aromatic carbocycles. The Bertz CT molecular complexity index is 429. The number of ether oxygens (including phenoxy) is 2. The average Bonchev–Trinajstić information content (AvgIpc) is 2.58. The van der Waals surface area contributed by atoms with Crippen LogP contribution < -0.4 is 0 Å². The maximum absolute atomic E-state index is 11.6.